The fourth-order valence-corrected chi connectivity index (χ4v) is 2.57. The minimum atomic E-state index is -0.364. The van der Waals surface area contributed by atoms with Crippen molar-refractivity contribution in [1.29, 1.82) is 0 Å². The molecule has 1 atom stereocenters. The number of hydrogen-bond donors (Lipinski definition) is 0. The van der Waals surface area contributed by atoms with Crippen molar-refractivity contribution in [2.45, 2.75) is 19.3 Å². The summed E-state index contributed by atoms with van der Waals surface area (Å²) in [6.45, 7) is 1.90. The van der Waals surface area contributed by atoms with E-state index in [1.54, 1.807) is 17.5 Å². The Labute approximate surface area is 119 Å². The largest absolute Gasteiger partial charge is 0.339 e. The van der Waals surface area contributed by atoms with E-state index >= 15 is 0 Å². The van der Waals surface area contributed by atoms with Crippen molar-refractivity contribution in [3.8, 4) is 0 Å². The Morgan fingerprint density at radius 1 is 1.40 bits per heavy atom. The van der Waals surface area contributed by atoms with Gasteiger partial charge in [-0.15, -0.1) is 0 Å². The first kappa shape index (κ1) is 12.9. The molecule has 0 amide bonds. The van der Waals surface area contributed by atoms with E-state index in [1.807, 2.05) is 23.8 Å². The topological polar surface area (TPSA) is 51.8 Å². The first-order chi connectivity index (χ1) is 9.72. The highest BCUT2D eigenvalue weighted by molar-refractivity contribution is 7.07. The maximum atomic E-state index is 13.2. The monoisotopic (exact) mass is 289 g/mol. The summed E-state index contributed by atoms with van der Waals surface area (Å²) in [6.07, 6.45) is 3.40. The maximum absolute atomic E-state index is 13.2. The molecule has 3 aromatic heterocycles. The van der Waals surface area contributed by atoms with E-state index in [0.717, 1.165) is 11.1 Å². The molecule has 0 fully saturated rings. The highest BCUT2D eigenvalue weighted by atomic mass is 32.1. The second-order valence-corrected chi connectivity index (χ2v) is 5.29. The molecule has 20 heavy (non-hydrogen) atoms. The zero-order valence-corrected chi connectivity index (χ0v) is 11.6. The summed E-state index contributed by atoms with van der Waals surface area (Å²) in [5, 5.41) is 8.02. The fourth-order valence-electron chi connectivity index (χ4n) is 1.90. The van der Waals surface area contributed by atoms with Crippen LogP contribution < -0.4 is 0 Å². The third kappa shape index (κ3) is 2.75. The summed E-state index contributed by atoms with van der Waals surface area (Å²) in [4.78, 5) is 8.21. The van der Waals surface area contributed by atoms with Crippen LogP contribution in [0.2, 0.25) is 0 Å². The summed E-state index contributed by atoms with van der Waals surface area (Å²) in [7, 11) is 0. The number of aromatic nitrogens is 3. The van der Waals surface area contributed by atoms with Crippen molar-refractivity contribution >= 4 is 11.3 Å². The van der Waals surface area contributed by atoms with E-state index < -0.39 is 0 Å². The molecule has 0 aromatic carbocycles. The lowest BCUT2D eigenvalue weighted by Gasteiger charge is -2.05. The zero-order valence-electron chi connectivity index (χ0n) is 10.8. The molecule has 102 valence electrons. The molecule has 0 radical (unpaired) electrons. The summed E-state index contributed by atoms with van der Waals surface area (Å²) >= 11 is 1.63. The van der Waals surface area contributed by atoms with E-state index in [9.17, 15) is 4.39 Å². The molecule has 0 bridgehead atoms. The van der Waals surface area contributed by atoms with Crippen LogP contribution in [0.3, 0.4) is 0 Å². The van der Waals surface area contributed by atoms with Crippen LogP contribution in [0.1, 0.15) is 35.7 Å². The number of nitrogens with zero attached hydrogens (tertiary/aromatic N) is 3. The van der Waals surface area contributed by atoms with E-state index in [-0.39, 0.29) is 11.7 Å². The van der Waals surface area contributed by atoms with Crippen molar-refractivity contribution < 1.29 is 8.91 Å². The molecule has 0 aliphatic carbocycles. The highest BCUT2D eigenvalue weighted by Crippen LogP contribution is 2.22. The lowest BCUT2D eigenvalue weighted by Crippen LogP contribution is -2.00. The number of thiophene rings is 1. The average molecular weight is 289 g/mol. The van der Waals surface area contributed by atoms with Crippen LogP contribution in [-0.2, 0) is 6.42 Å². The molecule has 0 saturated heterocycles. The van der Waals surface area contributed by atoms with Gasteiger partial charge in [-0.2, -0.15) is 16.3 Å². The molecule has 3 heterocycles. The van der Waals surface area contributed by atoms with Gasteiger partial charge in [0.1, 0.15) is 5.82 Å². The Morgan fingerprint density at radius 3 is 3.05 bits per heavy atom. The summed E-state index contributed by atoms with van der Waals surface area (Å²) in [5.41, 5.74) is 1.87. The summed E-state index contributed by atoms with van der Waals surface area (Å²) in [6, 6.07) is 3.46. The van der Waals surface area contributed by atoms with Crippen molar-refractivity contribution in [1.82, 2.24) is 15.1 Å². The number of hydrogen-bond acceptors (Lipinski definition) is 5. The Kier molecular flexibility index (Phi) is 3.56. The first-order valence-electron chi connectivity index (χ1n) is 6.16. The molecule has 1 unspecified atom stereocenters. The van der Waals surface area contributed by atoms with Crippen molar-refractivity contribution in [3.63, 3.8) is 0 Å². The lowest BCUT2D eigenvalue weighted by molar-refractivity contribution is 0.378. The Bertz CT molecular complexity index is 696. The third-order valence-corrected chi connectivity index (χ3v) is 3.76. The smallest absolute Gasteiger partial charge is 0.231 e. The van der Waals surface area contributed by atoms with Gasteiger partial charge < -0.3 is 4.52 Å². The molecule has 6 heteroatoms. The van der Waals surface area contributed by atoms with E-state index in [2.05, 4.69) is 15.1 Å². The number of halogens is 1. The first-order valence-corrected chi connectivity index (χ1v) is 7.10. The Morgan fingerprint density at radius 2 is 2.30 bits per heavy atom. The number of pyridine rings is 1. The van der Waals surface area contributed by atoms with E-state index in [0.29, 0.717) is 18.1 Å². The summed E-state index contributed by atoms with van der Waals surface area (Å²) in [5.74, 6) is 0.590. The van der Waals surface area contributed by atoms with Gasteiger partial charge in [0, 0.05) is 12.1 Å². The van der Waals surface area contributed by atoms with Crippen molar-refractivity contribution in [3.05, 3.63) is 63.9 Å². The predicted molar refractivity (Wildman–Crippen MR) is 73.1 cm³/mol. The molecular weight excluding hydrogens is 277 g/mol. The normalized spacial score (nSPS) is 12.5. The van der Waals surface area contributed by atoms with Gasteiger partial charge in [-0.1, -0.05) is 12.1 Å². The average Bonchev–Trinajstić information content (AvgIpc) is 3.10. The van der Waals surface area contributed by atoms with Gasteiger partial charge in [0.05, 0.1) is 12.6 Å². The van der Waals surface area contributed by atoms with Crippen LogP contribution in [0.25, 0.3) is 0 Å². The van der Waals surface area contributed by atoms with E-state index in [1.165, 1.54) is 12.3 Å². The van der Waals surface area contributed by atoms with Gasteiger partial charge in [0.25, 0.3) is 0 Å². The van der Waals surface area contributed by atoms with Crippen LogP contribution in [-0.4, -0.2) is 15.1 Å². The van der Waals surface area contributed by atoms with Crippen LogP contribution in [0.4, 0.5) is 4.39 Å². The second-order valence-electron chi connectivity index (χ2n) is 4.51. The maximum Gasteiger partial charge on any atom is 0.231 e. The van der Waals surface area contributed by atoms with Crippen molar-refractivity contribution in [2.24, 2.45) is 0 Å². The molecule has 0 aliphatic rings. The van der Waals surface area contributed by atoms with E-state index in [4.69, 9.17) is 4.52 Å². The van der Waals surface area contributed by atoms with Gasteiger partial charge in [-0.25, -0.2) is 4.39 Å². The lowest BCUT2D eigenvalue weighted by atomic mass is 10.0. The van der Waals surface area contributed by atoms with Crippen molar-refractivity contribution in [2.75, 3.05) is 0 Å². The predicted octanol–water partition coefficient (Wildman–Crippen LogP) is 3.41. The summed E-state index contributed by atoms with van der Waals surface area (Å²) < 4.78 is 18.4. The highest BCUT2D eigenvalue weighted by Gasteiger charge is 2.16. The number of rotatable bonds is 4. The Balaban J connectivity index is 1.79. The molecular formula is C14H12FN3OS. The van der Waals surface area contributed by atoms with Crippen LogP contribution in [0, 0.1) is 5.82 Å². The van der Waals surface area contributed by atoms with Gasteiger partial charge in [0.15, 0.2) is 5.82 Å². The molecule has 0 saturated carbocycles. The molecule has 0 spiro atoms. The molecule has 3 aromatic rings. The minimum absolute atomic E-state index is 0.154. The SMILES string of the molecule is CC(c1cncc(F)c1)c1noc(Cc2ccsc2)n1. The molecule has 3 rings (SSSR count). The third-order valence-electron chi connectivity index (χ3n) is 3.03. The van der Waals surface area contributed by atoms with Gasteiger partial charge in [-0.05, 0) is 34.0 Å². The quantitative estimate of drug-likeness (QED) is 0.738. The fraction of sp³-hybridized carbons (Fsp3) is 0.214. The standard InChI is InChI=1S/C14H12FN3OS/c1-9(11-5-12(15)7-16-6-11)14-17-13(19-18-14)4-10-2-3-20-8-10/h2-3,5-9H,4H2,1H3. The Hall–Kier alpha value is -2.08. The van der Waals surface area contributed by atoms with Crippen LogP contribution in [0.5, 0.6) is 0 Å². The molecule has 0 N–H and O–H groups in total. The second kappa shape index (κ2) is 5.50. The van der Waals surface area contributed by atoms with Crippen LogP contribution >= 0.6 is 11.3 Å². The zero-order chi connectivity index (χ0) is 13.9. The van der Waals surface area contributed by atoms with Crippen LogP contribution in [0.15, 0.2) is 39.8 Å². The van der Waals surface area contributed by atoms with Gasteiger partial charge in [0.2, 0.25) is 5.89 Å². The molecule has 4 nitrogen and oxygen atoms in total. The molecule has 0 aliphatic heterocycles. The minimum Gasteiger partial charge on any atom is -0.339 e. The van der Waals surface area contributed by atoms with Gasteiger partial charge in [-0.3, -0.25) is 4.98 Å². The van der Waals surface area contributed by atoms with Gasteiger partial charge >= 0.3 is 0 Å².